The molecule has 0 unspecified atom stereocenters. The van der Waals surface area contributed by atoms with Gasteiger partial charge < -0.3 is 20.9 Å². The van der Waals surface area contributed by atoms with Crippen molar-refractivity contribution in [3.05, 3.63) is 47.7 Å². The van der Waals surface area contributed by atoms with Crippen molar-refractivity contribution in [1.82, 2.24) is 14.8 Å². The highest BCUT2D eigenvalue weighted by atomic mass is 19.4. The molecule has 0 atom stereocenters. The standard InChI is InChI=1S/C26H35F3N6O/c1-19-23(30)8-9-24(31-19)32-21-10-13-35(14-11-21)25(36)3-2-12-33-15-17-34(18-16-33)22-6-4-20(5-7-22)26(27,28)29/h4-9,21H,2-3,10-18,30H2,1H3,(H,31,32). The number of nitrogens with two attached hydrogens (primary N) is 1. The molecule has 2 aromatic rings. The summed E-state index contributed by atoms with van der Waals surface area (Å²) in [5, 5.41) is 3.45. The lowest BCUT2D eigenvalue weighted by Gasteiger charge is -2.36. The van der Waals surface area contributed by atoms with Crippen LogP contribution in [0.2, 0.25) is 0 Å². The van der Waals surface area contributed by atoms with E-state index in [4.69, 9.17) is 5.73 Å². The first-order chi connectivity index (χ1) is 17.2. The fourth-order valence-electron chi connectivity index (χ4n) is 4.84. The third-order valence-electron chi connectivity index (χ3n) is 7.12. The van der Waals surface area contributed by atoms with Crippen molar-refractivity contribution in [2.24, 2.45) is 0 Å². The number of carbonyl (C=O) groups is 1. The number of hydrogen-bond acceptors (Lipinski definition) is 6. The first kappa shape index (κ1) is 26.1. The second-order valence-corrected chi connectivity index (χ2v) is 9.65. The van der Waals surface area contributed by atoms with Gasteiger partial charge in [-0.25, -0.2) is 4.98 Å². The Morgan fingerprint density at radius 2 is 1.69 bits per heavy atom. The third-order valence-corrected chi connectivity index (χ3v) is 7.12. The normalized spacial score (nSPS) is 17.9. The van der Waals surface area contributed by atoms with Gasteiger partial charge in [0.15, 0.2) is 0 Å². The number of piperidine rings is 1. The number of rotatable bonds is 7. The molecule has 196 valence electrons. The van der Waals surface area contributed by atoms with Crippen molar-refractivity contribution in [1.29, 1.82) is 0 Å². The molecule has 0 saturated carbocycles. The molecule has 3 N–H and O–H groups in total. The van der Waals surface area contributed by atoms with E-state index in [1.807, 2.05) is 24.0 Å². The molecule has 1 aromatic heterocycles. The van der Waals surface area contributed by atoms with Gasteiger partial charge in [0.2, 0.25) is 5.91 Å². The SMILES string of the molecule is Cc1nc(NC2CCN(C(=O)CCCN3CCN(c4ccc(C(F)(F)F)cc4)CC3)CC2)ccc1N. The summed E-state index contributed by atoms with van der Waals surface area (Å²) < 4.78 is 38.3. The van der Waals surface area contributed by atoms with Crippen LogP contribution < -0.4 is 16.0 Å². The number of halogens is 3. The van der Waals surface area contributed by atoms with Crippen LogP contribution in [0, 0.1) is 6.92 Å². The smallest absolute Gasteiger partial charge is 0.397 e. The maximum Gasteiger partial charge on any atom is 0.416 e. The van der Waals surface area contributed by atoms with Crippen LogP contribution in [-0.4, -0.2) is 72.5 Å². The number of pyridine rings is 1. The van der Waals surface area contributed by atoms with Crippen molar-refractivity contribution in [3.8, 4) is 0 Å². The van der Waals surface area contributed by atoms with E-state index in [0.29, 0.717) is 18.2 Å². The topological polar surface area (TPSA) is 77.7 Å². The van der Waals surface area contributed by atoms with Crippen LogP contribution in [0.3, 0.4) is 0 Å². The van der Waals surface area contributed by atoms with E-state index in [1.165, 1.54) is 0 Å². The molecule has 2 saturated heterocycles. The average Bonchev–Trinajstić information content (AvgIpc) is 2.87. The average molecular weight is 505 g/mol. The second-order valence-electron chi connectivity index (χ2n) is 9.65. The van der Waals surface area contributed by atoms with Crippen molar-refractivity contribution in [2.45, 2.75) is 44.8 Å². The molecule has 7 nitrogen and oxygen atoms in total. The zero-order valence-corrected chi connectivity index (χ0v) is 20.7. The van der Waals surface area contributed by atoms with Crippen molar-refractivity contribution in [3.63, 3.8) is 0 Å². The van der Waals surface area contributed by atoms with E-state index in [0.717, 1.165) is 94.4 Å². The number of nitrogen functional groups attached to an aromatic ring is 1. The van der Waals surface area contributed by atoms with Gasteiger partial charge in [-0.05, 0) is 69.1 Å². The molecule has 0 aliphatic carbocycles. The molecule has 2 aliphatic rings. The molecule has 3 heterocycles. The van der Waals surface area contributed by atoms with Gasteiger partial charge in [-0.2, -0.15) is 13.2 Å². The fourth-order valence-corrected chi connectivity index (χ4v) is 4.84. The van der Waals surface area contributed by atoms with Crippen LogP contribution >= 0.6 is 0 Å². The number of alkyl halides is 3. The van der Waals surface area contributed by atoms with Gasteiger partial charge in [-0.15, -0.1) is 0 Å². The summed E-state index contributed by atoms with van der Waals surface area (Å²) in [7, 11) is 0. The van der Waals surface area contributed by atoms with Crippen LogP contribution in [-0.2, 0) is 11.0 Å². The summed E-state index contributed by atoms with van der Waals surface area (Å²) in [6.07, 6.45) is -1.18. The molecule has 0 radical (unpaired) electrons. The van der Waals surface area contributed by atoms with E-state index >= 15 is 0 Å². The molecular weight excluding hydrogens is 469 g/mol. The zero-order chi connectivity index (χ0) is 25.7. The van der Waals surface area contributed by atoms with Crippen LogP contribution in [0.25, 0.3) is 0 Å². The first-order valence-electron chi connectivity index (χ1n) is 12.6. The number of aryl methyl sites for hydroxylation is 1. The number of anilines is 3. The van der Waals surface area contributed by atoms with E-state index in [1.54, 1.807) is 12.1 Å². The van der Waals surface area contributed by atoms with Gasteiger partial charge in [0, 0.05) is 57.4 Å². The Balaban J connectivity index is 1.12. The number of carbonyl (C=O) groups excluding carboxylic acids is 1. The van der Waals surface area contributed by atoms with Gasteiger partial charge in [0.05, 0.1) is 16.9 Å². The highest BCUT2D eigenvalue weighted by Gasteiger charge is 2.30. The largest absolute Gasteiger partial charge is 0.416 e. The maximum absolute atomic E-state index is 12.8. The first-order valence-corrected chi connectivity index (χ1v) is 12.6. The van der Waals surface area contributed by atoms with Gasteiger partial charge in [-0.3, -0.25) is 9.69 Å². The third kappa shape index (κ3) is 6.81. The van der Waals surface area contributed by atoms with E-state index in [2.05, 4.69) is 20.1 Å². The number of nitrogens with zero attached hydrogens (tertiary/aromatic N) is 4. The Kier molecular flexibility index (Phi) is 8.23. The minimum Gasteiger partial charge on any atom is -0.397 e. The highest BCUT2D eigenvalue weighted by Crippen LogP contribution is 2.30. The summed E-state index contributed by atoms with van der Waals surface area (Å²) >= 11 is 0. The molecule has 4 rings (SSSR count). The highest BCUT2D eigenvalue weighted by molar-refractivity contribution is 5.76. The number of hydrogen-bond donors (Lipinski definition) is 2. The van der Waals surface area contributed by atoms with Gasteiger partial charge in [0.1, 0.15) is 5.82 Å². The Bertz CT molecular complexity index is 1010. The Hall–Kier alpha value is -3.01. The fraction of sp³-hybridized carbons (Fsp3) is 0.538. The second kappa shape index (κ2) is 11.4. The number of nitrogens with one attached hydrogen (secondary N) is 1. The summed E-state index contributed by atoms with van der Waals surface area (Å²) in [5.41, 5.74) is 7.53. The number of benzene rings is 1. The lowest BCUT2D eigenvalue weighted by molar-refractivity contribution is -0.137. The molecule has 0 spiro atoms. The molecular formula is C26H35F3N6O. The number of piperazine rings is 1. The van der Waals surface area contributed by atoms with E-state index < -0.39 is 11.7 Å². The molecule has 2 fully saturated rings. The van der Waals surface area contributed by atoms with Crippen LogP contribution in [0.4, 0.5) is 30.4 Å². The summed E-state index contributed by atoms with van der Waals surface area (Å²) in [4.78, 5) is 23.6. The van der Waals surface area contributed by atoms with Crippen molar-refractivity contribution >= 4 is 23.1 Å². The summed E-state index contributed by atoms with van der Waals surface area (Å²) in [5.74, 6) is 1.03. The van der Waals surface area contributed by atoms with Crippen LogP contribution in [0.15, 0.2) is 36.4 Å². The quantitative estimate of drug-likeness (QED) is 0.594. The lowest BCUT2D eigenvalue weighted by atomic mass is 10.0. The van der Waals surface area contributed by atoms with Crippen molar-refractivity contribution < 1.29 is 18.0 Å². The number of aromatic nitrogens is 1. The Labute approximate surface area is 210 Å². The van der Waals surface area contributed by atoms with Crippen LogP contribution in [0.5, 0.6) is 0 Å². The van der Waals surface area contributed by atoms with Crippen LogP contribution in [0.1, 0.15) is 36.9 Å². The van der Waals surface area contributed by atoms with Crippen molar-refractivity contribution in [2.75, 3.05) is 61.8 Å². The molecule has 0 bridgehead atoms. The number of likely N-dealkylation sites (tertiary alicyclic amines) is 1. The Morgan fingerprint density at radius 1 is 1.03 bits per heavy atom. The van der Waals surface area contributed by atoms with E-state index in [9.17, 15) is 18.0 Å². The Morgan fingerprint density at radius 3 is 2.31 bits per heavy atom. The lowest BCUT2D eigenvalue weighted by Crippen LogP contribution is -2.47. The van der Waals surface area contributed by atoms with Gasteiger partial charge in [-0.1, -0.05) is 0 Å². The molecule has 1 aromatic carbocycles. The van der Waals surface area contributed by atoms with E-state index in [-0.39, 0.29) is 5.91 Å². The molecule has 10 heteroatoms. The van der Waals surface area contributed by atoms with Gasteiger partial charge >= 0.3 is 6.18 Å². The number of amides is 1. The predicted octanol–water partition coefficient (Wildman–Crippen LogP) is 4.00. The predicted molar refractivity (Wildman–Crippen MR) is 136 cm³/mol. The molecule has 1 amide bonds. The monoisotopic (exact) mass is 504 g/mol. The minimum atomic E-state index is -4.31. The maximum atomic E-state index is 12.8. The minimum absolute atomic E-state index is 0.207. The molecule has 36 heavy (non-hydrogen) atoms. The zero-order valence-electron chi connectivity index (χ0n) is 20.7. The van der Waals surface area contributed by atoms with Gasteiger partial charge in [0.25, 0.3) is 0 Å². The summed E-state index contributed by atoms with van der Waals surface area (Å²) in [6, 6.07) is 9.42. The molecule has 2 aliphatic heterocycles. The summed E-state index contributed by atoms with van der Waals surface area (Å²) in [6.45, 7) is 7.44.